The molecular weight excluding hydrogens is 251 g/mol. The van der Waals surface area contributed by atoms with Crippen LogP contribution < -0.4 is 0 Å². The summed E-state index contributed by atoms with van der Waals surface area (Å²) in [5.41, 5.74) is 0. The van der Waals surface area contributed by atoms with Gasteiger partial charge in [0.25, 0.3) is 0 Å². The van der Waals surface area contributed by atoms with E-state index < -0.39 is 7.60 Å². The molecule has 0 aromatic carbocycles. The number of hydrogen-bond donors (Lipinski definition) is 0. The van der Waals surface area contributed by atoms with Gasteiger partial charge in [0.05, 0.1) is 0 Å². The van der Waals surface area contributed by atoms with Gasteiger partial charge < -0.3 is 9.05 Å². The highest BCUT2D eigenvalue weighted by Crippen LogP contribution is 2.42. The summed E-state index contributed by atoms with van der Waals surface area (Å²) in [5, 5.41) is 0. The van der Waals surface area contributed by atoms with Crippen molar-refractivity contribution in [2.75, 3.05) is 20.4 Å². The standard InChI is InChI=1S/C13H27O4P/c1-11(2)7-6-8-12(3)9-13(14)10-17-18(5,15)16-4/h11-12H,6-10H2,1-5H3. The molecule has 0 N–H and O–H groups in total. The molecule has 0 rings (SSSR count). The van der Waals surface area contributed by atoms with Crippen LogP contribution in [0.5, 0.6) is 0 Å². The van der Waals surface area contributed by atoms with Crippen LogP contribution >= 0.6 is 7.60 Å². The van der Waals surface area contributed by atoms with E-state index in [4.69, 9.17) is 4.52 Å². The summed E-state index contributed by atoms with van der Waals surface area (Å²) in [6, 6.07) is 0. The molecule has 0 aliphatic heterocycles. The van der Waals surface area contributed by atoms with E-state index >= 15 is 0 Å². The molecule has 0 spiro atoms. The molecule has 0 saturated carbocycles. The largest absolute Gasteiger partial charge is 0.327 e. The molecule has 108 valence electrons. The van der Waals surface area contributed by atoms with Crippen molar-refractivity contribution in [2.24, 2.45) is 11.8 Å². The zero-order valence-electron chi connectivity index (χ0n) is 12.3. The van der Waals surface area contributed by atoms with Crippen molar-refractivity contribution in [1.82, 2.24) is 0 Å². The third kappa shape index (κ3) is 9.81. The maximum Gasteiger partial charge on any atom is 0.327 e. The summed E-state index contributed by atoms with van der Waals surface area (Å²) >= 11 is 0. The number of ketones is 1. The van der Waals surface area contributed by atoms with Crippen molar-refractivity contribution in [3.05, 3.63) is 0 Å². The second-order valence-electron chi connectivity index (χ2n) is 5.40. The van der Waals surface area contributed by atoms with Crippen LogP contribution in [0, 0.1) is 11.8 Å². The third-order valence-electron chi connectivity index (χ3n) is 2.85. The van der Waals surface area contributed by atoms with Crippen LogP contribution in [0.4, 0.5) is 0 Å². The molecule has 5 heteroatoms. The number of carbonyl (C=O) groups excluding carboxylic acids is 1. The maximum atomic E-state index is 11.6. The van der Waals surface area contributed by atoms with E-state index in [1.54, 1.807) is 0 Å². The first-order chi connectivity index (χ1) is 8.26. The fourth-order valence-corrected chi connectivity index (χ4v) is 2.15. The molecule has 18 heavy (non-hydrogen) atoms. The van der Waals surface area contributed by atoms with Crippen molar-refractivity contribution in [1.29, 1.82) is 0 Å². The zero-order valence-corrected chi connectivity index (χ0v) is 13.2. The molecule has 0 heterocycles. The van der Waals surface area contributed by atoms with Crippen LogP contribution in [-0.2, 0) is 18.4 Å². The van der Waals surface area contributed by atoms with Crippen LogP contribution in [0.3, 0.4) is 0 Å². The van der Waals surface area contributed by atoms with E-state index in [-0.39, 0.29) is 12.4 Å². The lowest BCUT2D eigenvalue weighted by Crippen LogP contribution is -2.12. The Hall–Kier alpha value is -0.180. The fraction of sp³-hybridized carbons (Fsp3) is 0.923. The lowest BCUT2D eigenvalue weighted by Gasteiger charge is -2.13. The van der Waals surface area contributed by atoms with Gasteiger partial charge in [0.1, 0.15) is 6.61 Å². The normalized spacial score (nSPS) is 16.6. The van der Waals surface area contributed by atoms with Gasteiger partial charge in [-0.25, -0.2) is 0 Å². The highest BCUT2D eigenvalue weighted by molar-refractivity contribution is 7.52. The summed E-state index contributed by atoms with van der Waals surface area (Å²) in [7, 11) is -1.71. The number of carbonyl (C=O) groups is 1. The zero-order chi connectivity index (χ0) is 14.2. The molecule has 0 aromatic heterocycles. The second-order valence-corrected chi connectivity index (χ2v) is 7.57. The Bertz CT molecular complexity index is 289. The predicted octanol–water partition coefficient (Wildman–Crippen LogP) is 3.89. The van der Waals surface area contributed by atoms with E-state index in [0.717, 1.165) is 12.8 Å². The van der Waals surface area contributed by atoms with Gasteiger partial charge in [0.15, 0.2) is 5.78 Å². The number of hydrogen-bond acceptors (Lipinski definition) is 4. The minimum atomic E-state index is -3.03. The van der Waals surface area contributed by atoms with E-state index in [1.807, 2.05) is 0 Å². The lowest BCUT2D eigenvalue weighted by molar-refractivity contribution is -0.122. The molecule has 0 aliphatic rings. The summed E-state index contributed by atoms with van der Waals surface area (Å²) in [6.45, 7) is 7.73. The smallest absolute Gasteiger partial charge is 0.312 e. The fourth-order valence-electron chi connectivity index (χ4n) is 1.67. The molecule has 0 fully saturated rings. The van der Waals surface area contributed by atoms with E-state index in [1.165, 1.54) is 20.2 Å². The molecular formula is C13H27O4P. The van der Waals surface area contributed by atoms with Gasteiger partial charge in [-0.15, -0.1) is 0 Å². The Kier molecular flexibility index (Phi) is 8.75. The quantitative estimate of drug-likeness (QED) is 0.569. The van der Waals surface area contributed by atoms with E-state index in [2.05, 4.69) is 25.3 Å². The first-order valence-electron chi connectivity index (χ1n) is 6.56. The van der Waals surface area contributed by atoms with Crippen molar-refractivity contribution >= 4 is 13.4 Å². The minimum Gasteiger partial charge on any atom is -0.312 e. The molecule has 4 nitrogen and oxygen atoms in total. The molecule has 0 bridgehead atoms. The van der Waals surface area contributed by atoms with Crippen molar-refractivity contribution in [2.45, 2.75) is 46.5 Å². The van der Waals surface area contributed by atoms with Gasteiger partial charge in [-0.2, -0.15) is 0 Å². The highest BCUT2D eigenvalue weighted by atomic mass is 31.2. The third-order valence-corrected chi connectivity index (χ3v) is 4.11. The Labute approximate surface area is 111 Å². The summed E-state index contributed by atoms with van der Waals surface area (Å²) in [4.78, 5) is 11.6. The van der Waals surface area contributed by atoms with Crippen LogP contribution in [0.2, 0.25) is 0 Å². The minimum absolute atomic E-state index is 0.00817. The number of Topliss-reactive ketones (excluding diaryl/α,β-unsaturated/α-hetero) is 1. The first-order valence-corrected chi connectivity index (χ1v) is 8.55. The Balaban J connectivity index is 3.77. The Morgan fingerprint density at radius 2 is 1.83 bits per heavy atom. The lowest BCUT2D eigenvalue weighted by atomic mass is 9.96. The maximum absolute atomic E-state index is 11.6. The van der Waals surface area contributed by atoms with E-state index in [9.17, 15) is 9.36 Å². The van der Waals surface area contributed by atoms with Gasteiger partial charge in [-0.05, 0) is 11.8 Å². The average molecular weight is 278 g/mol. The van der Waals surface area contributed by atoms with Gasteiger partial charge in [0.2, 0.25) is 0 Å². The molecule has 0 aliphatic carbocycles. The van der Waals surface area contributed by atoms with Gasteiger partial charge >= 0.3 is 7.60 Å². The Morgan fingerprint density at radius 1 is 1.22 bits per heavy atom. The molecule has 0 radical (unpaired) electrons. The molecule has 2 unspecified atom stereocenters. The van der Waals surface area contributed by atoms with Crippen molar-refractivity contribution < 1.29 is 18.4 Å². The van der Waals surface area contributed by atoms with Gasteiger partial charge in [0, 0.05) is 20.2 Å². The molecule has 0 aromatic rings. The van der Waals surface area contributed by atoms with Crippen LogP contribution in [0.15, 0.2) is 0 Å². The van der Waals surface area contributed by atoms with E-state index in [0.29, 0.717) is 18.3 Å². The van der Waals surface area contributed by atoms with Crippen LogP contribution in [-0.4, -0.2) is 26.2 Å². The van der Waals surface area contributed by atoms with Crippen LogP contribution in [0.1, 0.15) is 46.5 Å². The molecule has 0 saturated heterocycles. The second kappa shape index (κ2) is 8.84. The predicted molar refractivity (Wildman–Crippen MR) is 74.0 cm³/mol. The topological polar surface area (TPSA) is 52.6 Å². The monoisotopic (exact) mass is 278 g/mol. The average Bonchev–Trinajstić information content (AvgIpc) is 2.26. The van der Waals surface area contributed by atoms with Crippen molar-refractivity contribution in [3.63, 3.8) is 0 Å². The summed E-state index contributed by atoms with van der Waals surface area (Å²) in [5.74, 6) is 1.06. The first kappa shape index (κ1) is 17.8. The van der Waals surface area contributed by atoms with Gasteiger partial charge in [-0.3, -0.25) is 9.36 Å². The van der Waals surface area contributed by atoms with Crippen LogP contribution in [0.25, 0.3) is 0 Å². The Morgan fingerprint density at radius 3 is 2.33 bits per heavy atom. The molecule has 2 atom stereocenters. The summed E-state index contributed by atoms with van der Waals surface area (Å²) < 4.78 is 21.1. The molecule has 0 amide bonds. The SMILES string of the molecule is COP(C)(=O)OCC(=O)CC(C)CCCC(C)C. The van der Waals surface area contributed by atoms with Gasteiger partial charge in [-0.1, -0.05) is 40.0 Å². The summed E-state index contributed by atoms with van der Waals surface area (Å²) in [6.07, 6.45) is 3.89. The highest BCUT2D eigenvalue weighted by Gasteiger charge is 2.17. The number of rotatable bonds is 10. The van der Waals surface area contributed by atoms with Crippen molar-refractivity contribution in [3.8, 4) is 0 Å².